The fourth-order valence-electron chi connectivity index (χ4n) is 3.31. The largest absolute Gasteiger partial charge is 0.493 e. The molecule has 0 bridgehead atoms. The van der Waals surface area contributed by atoms with E-state index in [4.69, 9.17) is 21.1 Å². The highest BCUT2D eigenvalue weighted by Gasteiger charge is 2.28. The van der Waals surface area contributed by atoms with Gasteiger partial charge < -0.3 is 20.1 Å². The molecule has 1 amide bonds. The number of hydrogen-bond acceptors (Lipinski definition) is 5. The van der Waals surface area contributed by atoms with Gasteiger partial charge in [-0.2, -0.15) is 0 Å². The number of methoxy groups -OCH3 is 1. The van der Waals surface area contributed by atoms with Crippen LogP contribution < -0.4 is 20.1 Å². The fraction of sp³-hybridized carbons (Fsp3) is 0.160. The average Bonchev–Trinajstić information content (AvgIpc) is 3.15. The number of thioether (sulfide) groups is 1. The lowest BCUT2D eigenvalue weighted by molar-refractivity contribution is -0.116. The van der Waals surface area contributed by atoms with Crippen LogP contribution >= 0.6 is 39.3 Å². The predicted octanol–water partition coefficient (Wildman–Crippen LogP) is 6.60. The molecule has 3 aromatic carbocycles. The summed E-state index contributed by atoms with van der Waals surface area (Å²) >= 11 is 11.1. The predicted molar refractivity (Wildman–Crippen MR) is 139 cm³/mol. The van der Waals surface area contributed by atoms with E-state index in [1.165, 1.54) is 11.8 Å². The fourth-order valence-corrected chi connectivity index (χ4v) is 4.94. The minimum Gasteiger partial charge on any atom is -0.493 e. The zero-order valence-corrected chi connectivity index (χ0v) is 21.2. The molecule has 170 valence electrons. The minimum atomic E-state index is -0.280. The summed E-state index contributed by atoms with van der Waals surface area (Å²) < 4.78 is 12.3. The molecule has 5 nitrogen and oxygen atoms in total. The number of benzene rings is 3. The van der Waals surface area contributed by atoms with E-state index in [1.807, 2.05) is 73.7 Å². The number of rotatable bonds is 7. The molecule has 1 aliphatic rings. The van der Waals surface area contributed by atoms with Crippen LogP contribution in [0.4, 0.5) is 5.69 Å². The number of anilines is 1. The van der Waals surface area contributed by atoms with E-state index < -0.39 is 0 Å². The number of halogens is 2. The van der Waals surface area contributed by atoms with Crippen LogP contribution in [-0.4, -0.2) is 18.5 Å². The van der Waals surface area contributed by atoms with Crippen molar-refractivity contribution in [3.63, 3.8) is 0 Å². The highest BCUT2D eigenvalue weighted by molar-refractivity contribution is 9.10. The first-order chi connectivity index (χ1) is 15.9. The lowest BCUT2D eigenvalue weighted by atomic mass is 10.1. The first-order valence-corrected chi connectivity index (χ1v) is 12.2. The second kappa shape index (κ2) is 10.5. The van der Waals surface area contributed by atoms with E-state index in [9.17, 15) is 4.79 Å². The van der Waals surface area contributed by atoms with E-state index in [1.54, 1.807) is 7.11 Å². The molecule has 1 aliphatic heterocycles. The molecule has 4 rings (SSSR count). The van der Waals surface area contributed by atoms with Crippen molar-refractivity contribution in [1.82, 2.24) is 5.32 Å². The van der Waals surface area contributed by atoms with Crippen LogP contribution in [0.25, 0.3) is 6.08 Å². The molecule has 1 unspecified atom stereocenters. The van der Waals surface area contributed by atoms with Gasteiger partial charge >= 0.3 is 0 Å². The maximum absolute atomic E-state index is 12.6. The summed E-state index contributed by atoms with van der Waals surface area (Å²) in [5.74, 6) is 1.08. The second-order valence-electron chi connectivity index (χ2n) is 7.38. The van der Waals surface area contributed by atoms with Crippen LogP contribution in [-0.2, 0) is 11.4 Å². The second-order valence-corrected chi connectivity index (χ2v) is 9.82. The SMILES string of the molecule is COc1cc(/C=C2\SC(Nc3ccc(Cl)cc3C)NC2=O)c(Br)cc1OCc1ccccc1. The topological polar surface area (TPSA) is 59.6 Å². The maximum atomic E-state index is 12.6. The number of ether oxygens (including phenoxy) is 2. The quantitative estimate of drug-likeness (QED) is 0.328. The van der Waals surface area contributed by atoms with E-state index in [0.717, 1.165) is 26.9 Å². The first-order valence-electron chi connectivity index (χ1n) is 10.2. The number of carbonyl (C=O) groups excluding carboxylic acids is 1. The van der Waals surface area contributed by atoms with Crippen LogP contribution in [0.5, 0.6) is 11.5 Å². The molecular weight excluding hydrogens is 524 g/mol. The van der Waals surface area contributed by atoms with Gasteiger partial charge in [-0.15, -0.1) is 0 Å². The minimum absolute atomic E-state index is 0.139. The van der Waals surface area contributed by atoms with Crippen molar-refractivity contribution in [2.45, 2.75) is 19.0 Å². The molecular formula is C25H22BrClN2O3S. The summed E-state index contributed by atoms with van der Waals surface area (Å²) in [6, 6.07) is 19.3. The Labute approximate surface area is 210 Å². The molecule has 0 aromatic heterocycles. The van der Waals surface area contributed by atoms with Gasteiger partial charge in [0.05, 0.1) is 12.0 Å². The van der Waals surface area contributed by atoms with Gasteiger partial charge in [-0.25, -0.2) is 0 Å². The highest BCUT2D eigenvalue weighted by Crippen LogP contribution is 2.38. The average molecular weight is 546 g/mol. The molecule has 1 atom stereocenters. The van der Waals surface area contributed by atoms with Gasteiger partial charge in [-0.1, -0.05) is 69.6 Å². The summed E-state index contributed by atoms with van der Waals surface area (Å²) in [5.41, 5.74) is 3.53. The van der Waals surface area contributed by atoms with Gasteiger partial charge in [0.2, 0.25) is 0 Å². The lowest BCUT2D eigenvalue weighted by Gasteiger charge is -2.15. The normalized spacial score (nSPS) is 16.5. The van der Waals surface area contributed by atoms with Crippen LogP contribution in [0.2, 0.25) is 5.02 Å². The molecule has 3 aromatic rings. The van der Waals surface area contributed by atoms with Crippen molar-refractivity contribution in [1.29, 1.82) is 0 Å². The van der Waals surface area contributed by atoms with Crippen molar-refractivity contribution in [2.75, 3.05) is 12.4 Å². The summed E-state index contributed by atoms with van der Waals surface area (Å²) in [4.78, 5) is 13.2. The molecule has 2 N–H and O–H groups in total. The Morgan fingerprint density at radius 3 is 2.67 bits per heavy atom. The highest BCUT2D eigenvalue weighted by atomic mass is 79.9. The third-order valence-corrected chi connectivity index (χ3v) is 6.96. The Bertz CT molecular complexity index is 1200. The zero-order valence-electron chi connectivity index (χ0n) is 18.0. The van der Waals surface area contributed by atoms with Crippen LogP contribution in [0.1, 0.15) is 16.7 Å². The zero-order chi connectivity index (χ0) is 23.4. The monoisotopic (exact) mass is 544 g/mol. The van der Waals surface area contributed by atoms with E-state index in [-0.39, 0.29) is 11.4 Å². The molecule has 1 saturated heterocycles. The molecule has 0 radical (unpaired) electrons. The summed E-state index contributed by atoms with van der Waals surface area (Å²) in [7, 11) is 1.60. The first kappa shape index (κ1) is 23.5. The molecule has 0 spiro atoms. The van der Waals surface area contributed by atoms with E-state index in [0.29, 0.717) is 28.0 Å². The Hall–Kier alpha value is -2.61. The van der Waals surface area contributed by atoms with Crippen molar-refractivity contribution < 1.29 is 14.3 Å². The van der Waals surface area contributed by atoms with E-state index >= 15 is 0 Å². The molecule has 1 heterocycles. The number of carbonyl (C=O) groups is 1. The molecule has 0 saturated carbocycles. The third-order valence-electron chi connectivity index (χ3n) is 5.01. The van der Waals surface area contributed by atoms with E-state index in [2.05, 4.69) is 26.6 Å². The maximum Gasteiger partial charge on any atom is 0.260 e. The van der Waals surface area contributed by atoms with Gasteiger partial charge in [0.25, 0.3) is 5.91 Å². The summed E-state index contributed by atoms with van der Waals surface area (Å²) in [6.07, 6.45) is 1.84. The Balaban J connectivity index is 1.50. The Kier molecular flexibility index (Phi) is 7.53. The van der Waals surface area contributed by atoms with Gasteiger partial charge in [0.1, 0.15) is 6.61 Å². The molecule has 33 heavy (non-hydrogen) atoms. The standard InChI is InChI=1S/C25H22BrClN2O3S/c1-15-10-18(27)8-9-20(15)28-25-29-24(30)23(33-25)12-17-11-21(31-2)22(13-19(17)26)32-14-16-6-4-3-5-7-16/h3-13,25,28H,14H2,1-2H3,(H,29,30)/b23-12-. The van der Waals surface area contributed by atoms with Crippen LogP contribution in [0.15, 0.2) is 70.0 Å². The van der Waals surface area contributed by atoms with Crippen molar-refractivity contribution >= 4 is 57.0 Å². The number of aryl methyl sites for hydroxylation is 1. The van der Waals surface area contributed by atoms with Crippen molar-refractivity contribution in [2.24, 2.45) is 0 Å². The summed E-state index contributed by atoms with van der Waals surface area (Å²) in [5, 5.41) is 6.97. The van der Waals surface area contributed by atoms with Crippen molar-refractivity contribution in [3.05, 3.63) is 91.8 Å². The molecule has 0 aliphatic carbocycles. The Morgan fingerprint density at radius 2 is 1.94 bits per heavy atom. The smallest absolute Gasteiger partial charge is 0.260 e. The number of nitrogens with one attached hydrogen (secondary N) is 2. The van der Waals surface area contributed by atoms with Gasteiger partial charge in [0.15, 0.2) is 17.0 Å². The summed E-state index contributed by atoms with van der Waals surface area (Å²) in [6.45, 7) is 2.40. The van der Waals surface area contributed by atoms with Gasteiger partial charge in [-0.3, -0.25) is 4.79 Å². The number of hydrogen-bond donors (Lipinski definition) is 2. The van der Waals surface area contributed by atoms with Crippen molar-refractivity contribution in [3.8, 4) is 11.5 Å². The van der Waals surface area contributed by atoms with Gasteiger partial charge in [-0.05, 0) is 60.0 Å². The Morgan fingerprint density at radius 1 is 1.15 bits per heavy atom. The third kappa shape index (κ3) is 5.85. The molecule has 1 fully saturated rings. The molecule has 8 heteroatoms. The van der Waals surface area contributed by atoms with Gasteiger partial charge in [0, 0.05) is 15.2 Å². The van der Waals surface area contributed by atoms with Crippen LogP contribution in [0.3, 0.4) is 0 Å². The van der Waals surface area contributed by atoms with Crippen LogP contribution in [0, 0.1) is 6.92 Å². The number of amides is 1. The lowest BCUT2D eigenvalue weighted by Crippen LogP contribution is -2.31.